The molecule has 3 nitrogen and oxygen atoms in total. The zero-order valence-corrected chi connectivity index (χ0v) is 12.4. The fourth-order valence-electron chi connectivity index (χ4n) is 1.85. The number of anilines is 1. The van der Waals surface area contributed by atoms with Crippen LogP contribution in [0.1, 0.15) is 42.3 Å². The van der Waals surface area contributed by atoms with Crippen molar-refractivity contribution in [2.45, 2.75) is 33.1 Å². The largest absolute Gasteiger partial charge is 0.307 e. The SMILES string of the molecule is Cc1ccc(NC(=O)c2ccc(C(C)(C)C)cc2)nc1. The molecule has 0 atom stereocenters. The molecule has 0 bridgehead atoms. The highest BCUT2D eigenvalue weighted by Gasteiger charge is 2.14. The lowest BCUT2D eigenvalue weighted by molar-refractivity contribution is 0.102. The molecular formula is C17H20N2O. The fourth-order valence-corrected chi connectivity index (χ4v) is 1.85. The van der Waals surface area contributed by atoms with Gasteiger partial charge in [-0.25, -0.2) is 4.98 Å². The van der Waals surface area contributed by atoms with Crippen LogP contribution in [0.5, 0.6) is 0 Å². The van der Waals surface area contributed by atoms with Crippen molar-refractivity contribution in [2.24, 2.45) is 0 Å². The molecule has 0 spiro atoms. The Hall–Kier alpha value is -2.16. The standard InChI is InChI=1S/C17H20N2O/c1-12-5-10-15(18-11-12)19-16(20)13-6-8-14(9-7-13)17(2,3)4/h5-11H,1-4H3,(H,18,19,20). The summed E-state index contributed by atoms with van der Waals surface area (Å²) in [6, 6.07) is 11.4. The molecule has 0 radical (unpaired) electrons. The quantitative estimate of drug-likeness (QED) is 0.896. The predicted molar refractivity (Wildman–Crippen MR) is 82.1 cm³/mol. The van der Waals surface area contributed by atoms with Gasteiger partial charge in [0.1, 0.15) is 5.82 Å². The van der Waals surface area contributed by atoms with E-state index in [1.54, 1.807) is 12.3 Å². The van der Waals surface area contributed by atoms with Crippen molar-refractivity contribution in [3.8, 4) is 0 Å². The van der Waals surface area contributed by atoms with Crippen molar-refractivity contribution in [1.29, 1.82) is 0 Å². The third-order valence-electron chi connectivity index (χ3n) is 3.17. The van der Waals surface area contributed by atoms with E-state index in [0.717, 1.165) is 5.56 Å². The summed E-state index contributed by atoms with van der Waals surface area (Å²) in [5.41, 5.74) is 3.01. The summed E-state index contributed by atoms with van der Waals surface area (Å²) >= 11 is 0. The first-order valence-electron chi connectivity index (χ1n) is 6.71. The number of pyridine rings is 1. The molecule has 2 aromatic rings. The third kappa shape index (κ3) is 3.44. The normalized spacial score (nSPS) is 11.2. The molecule has 1 aromatic carbocycles. The maximum Gasteiger partial charge on any atom is 0.256 e. The molecule has 0 aliphatic heterocycles. The van der Waals surface area contributed by atoms with Gasteiger partial charge in [0.15, 0.2) is 0 Å². The zero-order valence-electron chi connectivity index (χ0n) is 12.4. The summed E-state index contributed by atoms with van der Waals surface area (Å²) < 4.78 is 0. The van der Waals surface area contributed by atoms with Gasteiger partial charge in [-0.15, -0.1) is 0 Å². The second-order valence-corrected chi connectivity index (χ2v) is 6.00. The maximum absolute atomic E-state index is 12.1. The topological polar surface area (TPSA) is 42.0 Å². The van der Waals surface area contributed by atoms with Crippen LogP contribution in [0.4, 0.5) is 5.82 Å². The van der Waals surface area contributed by atoms with Crippen molar-refractivity contribution in [3.63, 3.8) is 0 Å². The number of amides is 1. The number of hydrogen-bond acceptors (Lipinski definition) is 2. The molecular weight excluding hydrogens is 248 g/mol. The fraction of sp³-hybridized carbons (Fsp3) is 0.294. The zero-order chi connectivity index (χ0) is 14.8. The van der Waals surface area contributed by atoms with Crippen LogP contribution in [-0.2, 0) is 5.41 Å². The molecule has 0 aliphatic rings. The van der Waals surface area contributed by atoms with E-state index in [0.29, 0.717) is 11.4 Å². The molecule has 1 aromatic heterocycles. The molecule has 20 heavy (non-hydrogen) atoms. The highest BCUT2D eigenvalue weighted by atomic mass is 16.1. The molecule has 1 N–H and O–H groups in total. The van der Waals surface area contributed by atoms with Gasteiger partial charge in [-0.2, -0.15) is 0 Å². The molecule has 0 saturated heterocycles. The molecule has 2 rings (SSSR count). The summed E-state index contributed by atoms with van der Waals surface area (Å²) in [7, 11) is 0. The monoisotopic (exact) mass is 268 g/mol. The van der Waals surface area contributed by atoms with Gasteiger partial charge < -0.3 is 5.32 Å². The average molecular weight is 268 g/mol. The molecule has 0 fully saturated rings. The number of nitrogens with zero attached hydrogens (tertiary/aromatic N) is 1. The Morgan fingerprint density at radius 3 is 2.20 bits per heavy atom. The minimum Gasteiger partial charge on any atom is -0.307 e. The molecule has 0 saturated carbocycles. The summed E-state index contributed by atoms with van der Waals surface area (Å²) in [6.45, 7) is 8.42. The summed E-state index contributed by atoms with van der Waals surface area (Å²) in [5.74, 6) is 0.433. The number of benzene rings is 1. The number of rotatable bonds is 2. The van der Waals surface area contributed by atoms with Crippen LogP contribution in [0.3, 0.4) is 0 Å². The van der Waals surface area contributed by atoms with Crippen molar-refractivity contribution >= 4 is 11.7 Å². The van der Waals surface area contributed by atoms with Crippen LogP contribution in [0, 0.1) is 6.92 Å². The molecule has 3 heteroatoms. The van der Waals surface area contributed by atoms with Gasteiger partial charge in [0, 0.05) is 11.8 Å². The van der Waals surface area contributed by atoms with Crippen LogP contribution in [0.2, 0.25) is 0 Å². The Kier molecular flexibility index (Phi) is 3.89. The highest BCUT2D eigenvalue weighted by molar-refractivity contribution is 6.03. The van der Waals surface area contributed by atoms with E-state index >= 15 is 0 Å². The van der Waals surface area contributed by atoms with E-state index < -0.39 is 0 Å². The summed E-state index contributed by atoms with van der Waals surface area (Å²) in [6.07, 6.45) is 1.73. The Morgan fingerprint density at radius 1 is 1.05 bits per heavy atom. The van der Waals surface area contributed by atoms with E-state index in [4.69, 9.17) is 0 Å². The van der Waals surface area contributed by atoms with Gasteiger partial charge >= 0.3 is 0 Å². The first kappa shape index (κ1) is 14.3. The highest BCUT2D eigenvalue weighted by Crippen LogP contribution is 2.22. The van der Waals surface area contributed by atoms with E-state index in [1.165, 1.54) is 5.56 Å². The lowest BCUT2D eigenvalue weighted by atomic mass is 9.87. The Labute approximate surface area is 120 Å². The van der Waals surface area contributed by atoms with Crippen molar-refractivity contribution in [3.05, 3.63) is 59.3 Å². The van der Waals surface area contributed by atoms with Crippen LogP contribution in [0.15, 0.2) is 42.6 Å². The molecule has 0 aliphatic carbocycles. The van der Waals surface area contributed by atoms with Crippen molar-refractivity contribution in [1.82, 2.24) is 4.98 Å². The second-order valence-electron chi connectivity index (χ2n) is 6.00. The number of aryl methyl sites for hydroxylation is 1. The van der Waals surface area contributed by atoms with Gasteiger partial charge in [-0.1, -0.05) is 39.0 Å². The van der Waals surface area contributed by atoms with E-state index in [2.05, 4.69) is 31.1 Å². The Balaban J connectivity index is 2.11. The van der Waals surface area contributed by atoms with Crippen LogP contribution < -0.4 is 5.32 Å². The number of nitrogens with one attached hydrogen (secondary N) is 1. The number of hydrogen-bond donors (Lipinski definition) is 1. The van der Waals surface area contributed by atoms with Gasteiger partial charge in [-0.05, 0) is 41.7 Å². The lowest BCUT2D eigenvalue weighted by Gasteiger charge is -2.19. The van der Waals surface area contributed by atoms with Crippen molar-refractivity contribution < 1.29 is 4.79 Å². The lowest BCUT2D eigenvalue weighted by Crippen LogP contribution is -2.14. The second kappa shape index (κ2) is 5.45. The van der Waals surface area contributed by atoms with Crippen LogP contribution in [0.25, 0.3) is 0 Å². The number of aromatic nitrogens is 1. The average Bonchev–Trinajstić information content (AvgIpc) is 2.40. The maximum atomic E-state index is 12.1. The minimum atomic E-state index is -0.137. The van der Waals surface area contributed by atoms with Crippen LogP contribution >= 0.6 is 0 Å². The van der Waals surface area contributed by atoms with E-state index in [1.807, 2.05) is 37.3 Å². The molecule has 1 heterocycles. The van der Waals surface area contributed by atoms with E-state index in [9.17, 15) is 4.79 Å². The van der Waals surface area contributed by atoms with Crippen LogP contribution in [-0.4, -0.2) is 10.9 Å². The van der Waals surface area contributed by atoms with Gasteiger partial charge in [0.2, 0.25) is 0 Å². The van der Waals surface area contributed by atoms with Gasteiger partial charge in [0.05, 0.1) is 0 Å². The number of carbonyl (C=O) groups is 1. The number of carbonyl (C=O) groups excluding carboxylic acids is 1. The summed E-state index contributed by atoms with van der Waals surface area (Å²) in [5, 5.41) is 2.79. The smallest absolute Gasteiger partial charge is 0.256 e. The Morgan fingerprint density at radius 2 is 1.70 bits per heavy atom. The minimum absolute atomic E-state index is 0.0908. The van der Waals surface area contributed by atoms with Gasteiger partial charge in [0.25, 0.3) is 5.91 Å². The van der Waals surface area contributed by atoms with Crippen molar-refractivity contribution in [2.75, 3.05) is 5.32 Å². The molecule has 1 amide bonds. The first-order valence-corrected chi connectivity index (χ1v) is 6.71. The first-order chi connectivity index (χ1) is 9.36. The van der Waals surface area contributed by atoms with Gasteiger partial charge in [-0.3, -0.25) is 4.79 Å². The third-order valence-corrected chi connectivity index (χ3v) is 3.17. The Bertz CT molecular complexity index is 592. The summed E-state index contributed by atoms with van der Waals surface area (Å²) in [4.78, 5) is 16.3. The molecule has 0 unspecified atom stereocenters. The van der Waals surface area contributed by atoms with E-state index in [-0.39, 0.29) is 11.3 Å². The molecule has 104 valence electrons. The predicted octanol–water partition coefficient (Wildman–Crippen LogP) is 3.94.